The lowest BCUT2D eigenvalue weighted by Crippen LogP contribution is -2.39. The van der Waals surface area contributed by atoms with Crippen LogP contribution >= 0.6 is 11.6 Å². The number of amides is 1. The van der Waals surface area contributed by atoms with Crippen LogP contribution in [-0.2, 0) is 10.0 Å². The number of piperidine rings is 1. The molecule has 6 nitrogen and oxygen atoms in total. The van der Waals surface area contributed by atoms with Gasteiger partial charge in [0, 0.05) is 25.7 Å². The van der Waals surface area contributed by atoms with Gasteiger partial charge in [-0.2, -0.15) is 4.31 Å². The molecule has 162 valence electrons. The molecule has 1 amide bonds. The van der Waals surface area contributed by atoms with Crippen LogP contribution in [0.25, 0.3) is 0 Å². The molecule has 0 spiro atoms. The standard InChI is InChI=1S/C21H32ClN3O3S/c1-24(2)15-16-6-8-17(9-7-16)23-21(26)19-14-18(10-11-20(19)22)29(27,28)25-12-4-3-5-13-25/h10-11,14,16-17H,3-9,12-13,15H2,1-2H3,(H,23,26). The molecule has 0 aromatic heterocycles. The van der Waals surface area contributed by atoms with Gasteiger partial charge in [-0.25, -0.2) is 8.42 Å². The Balaban J connectivity index is 1.67. The Kier molecular flexibility index (Phi) is 7.59. The van der Waals surface area contributed by atoms with E-state index in [2.05, 4.69) is 24.3 Å². The smallest absolute Gasteiger partial charge is 0.253 e. The molecule has 29 heavy (non-hydrogen) atoms. The highest BCUT2D eigenvalue weighted by Crippen LogP contribution is 2.27. The van der Waals surface area contributed by atoms with Crippen LogP contribution in [0.4, 0.5) is 0 Å². The maximum atomic E-state index is 12.9. The van der Waals surface area contributed by atoms with Gasteiger partial charge in [0.2, 0.25) is 10.0 Å². The van der Waals surface area contributed by atoms with Gasteiger partial charge < -0.3 is 10.2 Å². The van der Waals surface area contributed by atoms with Gasteiger partial charge in [0.05, 0.1) is 15.5 Å². The van der Waals surface area contributed by atoms with Crippen molar-refractivity contribution in [1.82, 2.24) is 14.5 Å². The van der Waals surface area contributed by atoms with Crippen molar-refractivity contribution in [3.63, 3.8) is 0 Å². The summed E-state index contributed by atoms with van der Waals surface area (Å²) in [5, 5.41) is 3.34. The van der Waals surface area contributed by atoms with Gasteiger partial charge in [0.25, 0.3) is 5.91 Å². The second-order valence-electron chi connectivity index (χ2n) is 8.56. The maximum Gasteiger partial charge on any atom is 0.253 e. The van der Waals surface area contributed by atoms with E-state index in [4.69, 9.17) is 11.6 Å². The van der Waals surface area contributed by atoms with E-state index < -0.39 is 10.0 Å². The topological polar surface area (TPSA) is 69.7 Å². The summed E-state index contributed by atoms with van der Waals surface area (Å²) in [7, 11) is 0.572. The first-order valence-corrected chi connectivity index (χ1v) is 12.3. The summed E-state index contributed by atoms with van der Waals surface area (Å²) >= 11 is 6.25. The number of nitrogens with one attached hydrogen (secondary N) is 1. The summed E-state index contributed by atoms with van der Waals surface area (Å²) in [6.45, 7) is 2.13. The molecule has 2 fully saturated rings. The third-order valence-corrected chi connectivity index (χ3v) is 8.16. The van der Waals surface area contributed by atoms with E-state index in [1.54, 1.807) is 0 Å². The van der Waals surface area contributed by atoms with Crippen LogP contribution in [0.5, 0.6) is 0 Å². The number of benzene rings is 1. The number of carbonyl (C=O) groups is 1. The van der Waals surface area contributed by atoms with E-state index in [1.165, 1.54) is 22.5 Å². The van der Waals surface area contributed by atoms with Gasteiger partial charge in [-0.1, -0.05) is 18.0 Å². The Morgan fingerprint density at radius 2 is 1.79 bits per heavy atom. The highest BCUT2D eigenvalue weighted by Gasteiger charge is 2.28. The van der Waals surface area contributed by atoms with Crippen molar-refractivity contribution in [3.8, 4) is 0 Å². The summed E-state index contributed by atoms with van der Waals surface area (Å²) in [6.07, 6.45) is 6.84. The number of hydrogen-bond donors (Lipinski definition) is 1. The number of hydrogen-bond acceptors (Lipinski definition) is 4. The normalized spacial score (nSPS) is 23.9. The molecule has 8 heteroatoms. The zero-order chi connectivity index (χ0) is 21.0. The molecule has 1 aliphatic carbocycles. The Labute approximate surface area is 179 Å². The summed E-state index contributed by atoms with van der Waals surface area (Å²) < 4.78 is 27.4. The van der Waals surface area contributed by atoms with Crippen LogP contribution in [0.15, 0.2) is 23.1 Å². The predicted octanol–water partition coefficient (Wildman–Crippen LogP) is 3.36. The average Bonchev–Trinajstić information content (AvgIpc) is 2.70. The van der Waals surface area contributed by atoms with Gasteiger partial charge in [-0.15, -0.1) is 0 Å². The van der Waals surface area contributed by atoms with Crippen molar-refractivity contribution >= 4 is 27.5 Å². The molecule has 0 bridgehead atoms. The number of halogens is 1. The second kappa shape index (κ2) is 9.77. The minimum atomic E-state index is -3.60. The molecule has 1 aromatic carbocycles. The lowest BCUT2D eigenvalue weighted by Gasteiger charge is -2.30. The molecule has 1 saturated carbocycles. The minimum absolute atomic E-state index is 0.110. The zero-order valence-electron chi connectivity index (χ0n) is 17.4. The van der Waals surface area contributed by atoms with Crippen LogP contribution in [0.3, 0.4) is 0 Å². The van der Waals surface area contributed by atoms with Crippen LogP contribution in [0, 0.1) is 5.92 Å². The van der Waals surface area contributed by atoms with Crippen LogP contribution < -0.4 is 5.32 Å². The monoisotopic (exact) mass is 441 g/mol. The van der Waals surface area contributed by atoms with E-state index in [0.717, 1.165) is 51.5 Å². The second-order valence-corrected chi connectivity index (χ2v) is 10.9. The maximum absolute atomic E-state index is 12.9. The molecule has 3 rings (SSSR count). The summed E-state index contributed by atoms with van der Waals surface area (Å²) in [5.41, 5.74) is 0.236. The zero-order valence-corrected chi connectivity index (χ0v) is 18.9. The van der Waals surface area contributed by atoms with E-state index in [1.807, 2.05) is 0 Å². The lowest BCUT2D eigenvalue weighted by atomic mass is 9.85. The SMILES string of the molecule is CN(C)CC1CCC(NC(=O)c2cc(S(=O)(=O)N3CCCCC3)ccc2Cl)CC1. The molecule has 1 aliphatic heterocycles. The molecule has 0 unspecified atom stereocenters. The van der Waals surface area contributed by atoms with Gasteiger partial charge >= 0.3 is 0 Å². The predicted molar refractivity (Wildman–Crippen MR) is 116 cm³/mol. The van der Waals surface area contributed by atoms with Crippen molar-refractivity contribution in [2.75, 3.05) is 33.7 Å². The van der Waals surface area contributed by atoms with E-state index in [-0.39, 0.29) is 27.4 Å². The van der Waals surface area contributed by atoms with Crippen molar-refractivity contribution in [3.05, 3.63) is 28.8 Å². The summed E-state index contributed by atoms with van der Waals surface area (Å²) in [5.74, 6) is 0.376. The van der Waals surface area contributed by atoms with Gasteiger partial charge in [-0.05, 0) is 76.7 Å². The highest BCUT2D eigenvalue weighted by atomic mass is 35.5. The first-order chi connectivity index (χ1) is 13.8. The van der Waals surface area contributed by atoms with E-state index >= 15 is 0 Å². The first kappa shape index (κ1) is 22.5. The van der Waals surface area contributed by atoms with Crippen LogP contribution in [0.1, 0.15) is 55.3 Å². The molecule has 2 aliphatic rings. The number of nitrogens with zero attached hydrogens (tertiary/aromatic N) is 2. The Morgan fingerprint density at radius 1 is 1.14 bits per heavy atom. The molecule has 0 radical (unpaired) electrons. The molecular weight excluding hydrogens is 410 g/mol. The van der Waals surface area contributed by atoms with Crippen LogP contribution in [-0.4, -0.2) is 63.3 Å². The number of rotatable bonds is 6. The average molecular weight is 442 g/mol. The quantitative estimate of drug-likeness (QED) is 0.734. The third-order valence-electron chi connectivity index (χ3n) is 5.94. The molecule has 1 N–H and O–H groups in total. The first-order valence-electron chi connectivity index (χ1n) is 10.5. The fourth-order valence-electron chi connectivity index (χ4n) is 4.36. The largest absolute Gasteiger partial charge is 0.349 e. The summed E-state index contributed by atoms with van der Waals surface area (Å²) in [4.78, 5) is 15.2. The molecule has 1 heterocycles. The fourth-order valence-corrected chi connectivity index (χ4v) is 6.11. The van der Waals surface area contributed by atoms with Gasteiger partial charge in [0.1, 0.15) is 0 Å². The van der Waals surface area contributed by atoms with Gasteiger partial charge in [0.15, 0.2) is 0 Å². The van der Waals surface area contributed by atoms with Gasteiger partial charge in [-0.3, -0.25) is 4.79 Å². The Hall–Kier alpha value is -1.15. The minimum Gasteiger partial charge on any atom is -0.349 e. The summed E-state index contributed by atoms with van der Waals surface area (Å²) in [6, 6.07) is 4.55. The molecule has 1 saturated heterocycles. The number of carbonyl (C=O) groups excluding carboxylic acids is 1. The molecular formula is C21H32ClN3O3S. The van der Waals surface area contributed by atoms with E-state index in [9.17, 15) is 13.2 Å². The fraction of sp³-hybridized carbons (Fsp3) is 0.667. The van der Waals surface area contributed by atoms with Crippen molar-refractivity contribution in [1.29, 1.82) is 0 Å². The van der Waals surface area contributed by atoms with Crippen molar-refractivity contribution in [2.45, 2.75) is 55.9 Å². The van der Waals surface area contributed by atoms with Crippen molar-refractivity contribution in [2.24, 2.45) is 5.92 Å². The Morgan fingerprint density at radius 3 is 2.41 bits per heavy atom. The Bertz CT molecular complexity index is 814. The molecule has 1 aromatic rings. The third kappa shape index (κ3) is 5.72. The molecule has 0 atom stereocenters. The van der Waals surface area contributed by atoms with Crippen molar-refractivity contribution < 1.29 is 13.2 Å². The highest BCUT2D eigenvalue weighted by molar-refractivity contribution is 7.89. The lowest BCUT2D eigenvalue weighted by molar-refractivity contribution is 0.0919. The number of sulfonamides is 1. The van der Waals surface area contributed by atoms with Crippen LogP contribution in [0.2, 0.25) is 5.02 Å². The van der Waals surface area contributed by atoms with E-state index in [0.29, 0.717) is 19.0 Å².